The van der Waals surface area contributed by atoms with E-state index < -0.39 is 6.43 Å². The normalized spacial score (nSPS) is 31.8. The molecule has 2 atom stereocenters. The van der Waals surface area contributed by atoms with E-state index in [0.717, 1.165) is 13.1 Å². The van der Waals surface area contributed by atoms with Gasteiger partial charge in [-0.25, -0.2) is 8.78 Å². The largest absolute Gasteiger partial charge is 0.330 e. The van der Waals surface area contributed by atoms with Crippen LogP contribution in [0.5, 0.6) is 0 Å². The third-order valence-corrected chi connectivity index (χ3v) is 2.54. The van der Waals surface area contributed by atoms with Gasteiger partial charge in [0.25, 0.3) is 0 Å². The summed E-state index contributed by atoms with van der Waals surface area (Å²) >= 11 is 0. The molecule has 1 heterocycles. The van der Waals surface area contributed by atoms with Crippen LogP contribution < -0.4 is 5.73 Å². The zero-order chi connectivity index (χ0) is 9.14. The molecule has 0 amide bonds. The van der Waals surface area contributed by atoms with Gasteiger partial charge in [0.2, 0.25) is 6.43 Å². The van der Waals surface area contributed by atoms with Gasteiger partial charge >= 0.3 is 0 Å². The summed E-state index contributed by atoms with van der Waals surface area (Å²) in [5, 5.41) is 0. The van der Waals surface area contributed by atoms with Crippen molar-refractivity contribution in [2.24, 2.45) is 17.6 Å². The van der Waals surface area contributed by atoms with Gasteiger partial charge in [0.05, 0.1) is 0 Å². The zero-order valence-corrected chi connectivity index (χ0v) is 7.34. The van der Waals surface area contributed by atoms with E-state index in [1.54, 1.807) is 0 Å². The highest BCUT2D eigenvalue weighted by Gasteiger charge is 2.31. The maximum atomic E-state index is 12.1. The zero-order valence-electron chi connectivity index (χ0n) is 7.34. The average Bonchev–Trinajstić information content (AvgIpc) is 2.29. The Kier molecular flexibility index (Phi) is 3.40. The molecular formula is C8H16F2N2. The average molecular weight is 178 g/mol. The van der Waals surface area contributed by atoms with E-state index in [-0.39, 0.29) is 18.3 Å². The Balaban J connectivity index is 2.40. The molecular weight excluding hydrogens is 162 g/mol. The van der Waals surface area contributed by atoms with Crippen molar-refractivity contribution in [3.63, 3.8) is 0 Å². The topological polar surface area (TPSA) is 29.3 Å². The maximum absolute atomic E-state index is 12.1. The summed E-state index contributed by atoms with van der Waals surface area (Å²) in [6.45, 7) is 2.17. The summed E-state index contributed by atoms with van der Waals surface area (Å²) in [5.41, 5.74) is 5.49. The molecule has 72 valence electrons. The lowest BCUT2D eigenvalue weighted by atomic mass is 9.93. The lowest BCUT2D eigenvalue weighted by Gasteiger charge is -2.15. The second kappa shape index (κ2) is 4.14. The Morgan fingerprint density at radius 2 is 2.00 bits per heavy atom. The fourth-order valence-corrected chi connectivity index (χ4v) is 1.94. The number of nitrogens with two attached hydrogens (primary N) is 1. The van der Waals surface area contributed by atoms with Gasteiger partial charge in [-0.15, -0.1) is 0 Å². The lowest BCUT2D eigenvalue weighted by Crippen LogP contribution is -2.23. The van der Waals surface area contributed by atoms with Crippen molar-refractivity contribution < 1.29 is 8.78 Å². The van der Waals surface area contributed by atoms with Crippen LogP contribution in [0.25, 0.3) is 0 Å². The molecule has 0 aromatic heterocycles. The quantitative estimate of drug-likeness (QED) is 0.692. The van der Waals surface area contributed by atoms with Crippen LogP contribution in [-0.4, -0.2) is 38.0 Å². The third kappa shape index (κ3) is 2.38. The van der Waals surface area contributed by atoms with Gasteiger partial charge in [0, 0.05) is 19.5 Å². The van der Waals surface area contributed by atoms with E-state index in [1.807, 2.05) is 7.05 Å². The van der Waals surface area contributed by atoms with Crippen LogP contribution in [0, 0.1) is 11.8 Å². The Hall–Kier alpha value is -0.220. The number of hydrogen-bond acceptors (Lipinski definition) is 2. The van der Waals surface area contributed by atoms with Crippen LogP contribution in [-0.2, 0) is 0 Å². The van der Waals surface area contributed by atoms with Crippen molar-refractivity contribution in [3.8, 4) is 0 Å². The van der Waals surface area contributed by atoms with E-state index in [9.17, 15) is 8.78 Å². The maximum Gasteiger partial charge on any atom is 0.239 e. The predicted molar refractivity (Wildman–Crippen MR) is 44.2 cm³/mol. The first kappa shape index (κ1) is 9.86. The summed E-state index contributed by atoms with van der Waals surface area (Å²) in [6.07, 6.45) is -2.18. The summed E-state index contributed by atoms with van der Waals surface area (Å²) in [7, 11) is 1.95. The van der Waals surface area contributed by atoms with E-state index in [0.29, 0.717) is 6.54 Å². The van der Waals surface area contributed by atoms with Crippen molar-refractivity contribution in [1.29, 1.82) is 0 Å². The van der Waals surface area contributed by atoms with E-state index in [2.05, 4.69) is 4.90 Å². The molecule has 1 saturated heterocycles. The molecule has 0 bridgehead atoms. The van der Waals surface area contributed by atoms with Crippen LogP contribution in [0.4, 0.5) is 8.78 Å². The molecule has 12 heavy (non-hydrogen) atoms. The molecule has 2 nitrogen and oxygen atoms in total. The lowest BCUT2D eigenvalue weighted by molar-refractivity contribution is 0.108. The minimum atomic E-state index is -2.18. The highest BCUT2D eigenvalue weighted by atomic mass is 19.3. The molecule has 0 aliphatic carbocycles. The second-order valence-corrected chi connectivity index (χ2v) is 3.60. The number of halogens is 2. The standard InChI is InChI=1S/C8H16F2N2/c1-12-4-6(2-8(9)10)7(3-11)5-12/h6-8H,2-5,11H2,1H3. The summed E-state index contributed by atoms with van der Waals surface area (Å²) in [4.78, 5) is 2.07. The van der Waals surface area contributed by atoms with E-state index >= 15 is 0 Å². The Morgan fingerprint density at radius 1 is 1.42 bits per heavy atom. The van der Waals surface area contributed by atoms with Crippen LogP contribution >= 0.6 is 0 Å². The molecule has 0 spiro atoms. The highest BCUT2D eigenvalue weighted by Crippen LogP contribution is 2.26. The molecule has 2 unspecified atom stereocenters. The Morgan fingerprint density at radius 3 is 2.50 bits per heavy atom. The SMILES string of the molecule is CN1CC(CN)C(CC(F)F)C1. The molecule has 0 aromatic carbocycles. The number of hydrogen-bond donors (Lipinski definition) is 1. The number of nitrogens with zero attached hydrogens (tertiary/aromatic N) is 1. The first-order valence-electron chi connectivity index (χ1n) is 4.30. The smallest absolute Gasteiger partial charge is 0.239 e. The van der Waals surface area contributed by atoms with Crippen molar-refractivity contribution in [3.05, 3.63) is 0 Å². The first-order chi connectivity index (χ1) is 5.63. The van der Waals surface area contributed by atoms with Gasteiger partial charge in [-0.1, -0.05) is 0 Å². The van der Waals surface area contributed by atoms with Gasteiger partial charge in [0.1, 0.15) is 0 Å². The van der Waals surface area contributed by atoms with Crippen LogP contribution in [0.3, 0.4) is 0 Å². The van der Waals surface area contributed by atoms with Gasteiger partial charge < -0.3 is 10.6 Å². The molecule has 0 radical (unpaired) electrons. The second-order valence-electron chi connectivity index (χ2n) is 3.60. The van der Waals surface area contributed by atoms with E-state index in [1.165, 1.54) is 0 Å². The minimum Gasteiger partial charge on any atom is -0.330 e. The van der Waals surface area contributed by atoms with Crippen molar-refractivity contribution in [1.82, 2.24) is 4.90 Å². The highest BCUT2D eigenvalue weighted by molar-refractivity contribution is 4.83. The van der Waals surface area contributed by atoms with E-state index in [4.69, 9.17) is 5.73 Å². The number of rotatable bonds is 3. The molecule has 1 rings (SSSR count). The Bertz CT molecular complexity index is 141. The number of likely N-dealkylation sites (tertiary alicyclic amines) is 1. The van der Waals surface area contributed by atoms with Crippen molar-refractivity contribution >= 4 is 0 Å². The molecule has 1 aliphatic heterocycles. The summed E-state index contributed by atoms with van der Waals surface area (Å²) in [5.74, 6) is 0.365. The van der Waals surface area contributed by atoms with Crippen LogP contribution in [0.2, 0.25) is 0 Å². The monoisotopic (exact) mass is 178 g/mol. The van der Waals surface area contributed by atoms with Crippen LogP contribution in [0.15, 0.2) is 0 Å². The van der Waals surface area contributed by atoms with Crippen LogP contribution in [0.1, 0.15) is 6.42 Å². The van der Waals surface area contributed by atoms with Crippen molar-refractivity contribution in [2.75, 3.05) is 26.7 Å². The fourth-order valence-electron chi connectivity index (χ4n) is 1.94. The summed E-state index contributed by atoms with van der Waals surface area (Å²) < 4.78 is 24.1. The molecule has 1 aliphatic rings. The number of alkyl halides is 2. The Labute approximate surface area is 71.7 Å². The molecule has 2 N–H and O–H groups in total. The third-order valence-electron chi connectivity index (χ3n) is 2.54. The molecule has 1 fully saturated rings. The van der Waals surface area contributed by atoms with Gasteiger partial charge in [-0.2, -0.15) is 0 Å². The predicted octanol–water partition coefficient (Wildman–Crippen LogP) is 0.778. The first-order valence-corrected chi connectivity index (χ1v) is 4.30. The molecule has 4 heteroatoms. The molecule has 0 saturated carbocycles. The van der Waals surface area contributed by atoms with Gasteiger partial charge in [-0.3, -0.25) is 0 Å². The van der Waals surface area contributed by atoms with Gasteiger partial charge in [-0.05, 0) is 25.4 Å². The fraction of sp³-hybridized carbons (Fsp3) is 1.00. The minimum absolute atomic E-state index is 0.00616. The van der Waals surface area contributed by atoms with Crippen molar-refractivity contribution in [2.45, 2.75) is 12.8 Å². The molecule has 0 aromatic rings. The van der Waals surface area contributed by atoms with Gasteiger partial charge in [0.15, 0.2) is 0 Å². The summed E-state index contributed by atoms with van der Waals surface area (Å²) in [6, 6.07) is 0.